The number of anilines is 1. The number of ketones is 2. The molecule has 4 aliphatic rings. The van der Waals surface area contributed by atoms with Crippen molar-refractivity contribution in [2.75, 3.05) is 12.0 Å². The number of Topliss-reactive ketones (excluding diaryl/α,β-unsaturated/α-hetero) is 1. The van der Waals surface area contributed by atoms with Crippen molar-refractivity contribution in [1.82, 2.24) is 0 Å². The lowest BCUT2D eigenvalue weighted by Gasteiger charge is -2.42. The Bertz CT molecular complexity index is 1650. The molecular weight excluding hydrogens is 584 g/mol. The van der Waals surface area contributed by atoms with Gasteiger partial charge in [-0.1, -0.05) is 23.8 Å². The number of aromatic hydroxyl groups is 1. The van der Waals surface area contributed by atoms with E-state index in [-0.39, 0.29) is 57.2 Å². The second-order valence-corrected chi connectivity index (χ2v) is 11.0. The fourth-order valence-electron chi connectivity index (χ4n) is 6.50. The van der Waals surface area contributed by atoms with Crippen LogP contribution in [0, 0.1) is 27.9 Å². The molecule has 1 saturated heterocycles. The second kappa shape index (κ2) is 9.37. The van der Waals surface area contributed by atoms with E-state index in [0.29, 0.717) is 11.3 Å². The summed E-state index contributed by atoms with van der Waals surface area (Å²) < 4.78 is 5.65. The van der Waals surface area contributed by atoms with E-state index in [0.717, 1.165) is 10.5 Å². The first-order valence-electron chi connectivity index (χ1n) is 12.5. The topological polar surface area (TPSA) is 144 Å². The third-order valence-corrected chi connectivity index (χ3v) is 8.75. The van der Waals surface area contributed by atoms with Crippen LogP contribution >= 0.6 is 15.9 Å². The van der Waals surface area contributed by atoms with Crippen molar-refractivity contribution < 1.29 is 33.9 Å². The summed E-state index contributed by atoms with van der Waals surface area (Å²) in [6, 6.07) is 9.87. The monoisotopic (exact) mass is 604 g/mol. The van der Waals surface area contributed by atoms with E-state index < -0.39 is 40.4 Å². The first kappa shape index (κ1) is 25.9. The van der Waals surface area contributed by atoms with E-state index in [1.807, 2.05) is 6.08 Å². The summed E-state index contributed by atoms with van der Waals surface area (Å²) in [6.45, 7) is 0. The maximum Gasteiger partial charge on any atom is 0.271 e. The van der Waals surface area contributed by atoms with E-state index in [2.05, 4.69) is 15.9 Å². The summed E-state index contributed by atoms with van der Waals surface area (Å²) in [5.74, 6) is -4.31. The summed E-state index contributed by atoms with van der Waals surface area (Å²) in [6.07, 6.45) is 3.39. The quantitative estimate of drug-likeness (QED) is 0.179. The smallest absolute Gasteiger partial charge is 0.271 e. The Morgan fingerprint density at radius 2 is 1.85 bits per heavy atom. The van der Waals surface area contributed by atoms with Gasteiger partial charge in [-0.2, -0.15) is 0 Å². The van der Waals surface area contributed by atoms with Crippen LogP contribution in [0.1, 0.15) is 24.3 Å². The Kier molecular flexibility index (Phi) is 6.06. The van der Waals surface area contributed by atoms with Crippen molar-refractivity contribution in [2.45, 2.75) is 18.8 Å². The largest absolute Gasteiger partial charge is 0.508 e. The van der Waals surface area contributed by atoms with Crippen molar-refractivity contribution >= 4 is 50.7 Å². The number of imide groups is 1. The van der Waals surface area contributed by atoms with Gasteiger partial charge in [-0.3, -0.25) is 29.3 Å². The third-order valence-electron chi connectivity index (χ3n) is 8.16. The average Bonchev–Trinajstić information content (AvgIpc) is 3.20. The number of amides is 2. The number of phenols is 1. The van der Waals surface area contributed by atoms with E-state index in [4.69, 9.17) is 4.74 Å². The number of benzene rings is 2. The molecule has 2 aromatic carbocycles. The van der Waals surface area contributed by atoms with Gasteiger partial charge in [0.05, 0.1) is 34.0 Å². The van der Waals surface area contributed by atoms with E-state index in [9.17, 15) is 34.4 Å². The Morgan fingerprint density at radius 3 is 2.58 bits per heavy atom. The highest BCUT2D eigenvalue weighted by Crippen LogP contribution is 2.56. The number of nitro benzene ring substituents is 1. The van der Waals surface area contributed by atoms with Gasteiger partial charge in [0.25, 0.3) is 5.69 Å². The van der Waals surface area contributed by atoms with Crippen molar-refractivity contribution in [3.8, 4) is 11.5 Å². The van der Waals surface area contributed by atoms with Gasteiger partial charge in [0.1, 0.15) is 11.5 Å². The number of allylic oxidation sites excluding steroid dienone is 6. The third kappa shape index (κ3) is 3.75. The van der Waals surface area contributed by atoms with Gasteiger partial charge in [-0.15, -0.1) is 0 Å². The number of carbonyl (C=O) groups is 4. The molecule has 0 spiro atoms. The zero-order valence-electron chi connectivity index (χ0n) is 21.0. The van der Waals surface area contributed by atoms with Crippen LogP contribution in [0.3, 0.4) is 0 Å². The summed E-state index contributed by atoms with van der Waals surface area (Å²) in [7, 11) is 1.43. The highest BCUT2D eigenvalue weighted by Gasteiger charge is 2.57. The standard InChI is InChI=1S/C29H21BrN2O8/c1-40-23-10-15(33)5-6-17(23)24-16-7-8-18-25(19(16)11-20-26(24)22(34)12-21(30)27(20)35)29(37)31(28(18)36)13-3-2-4-14(9-13)32(38)39/h2-7,9-10,12,18-19,24-25,33H,8,11H2,1H3. The lowest BCUT2D eigenvalue weighted by molar-refractivity contribution is -0.384. The lowest BCUT2D eigenvalue weighted by Crippen LogP contribution is -2.39. The minimum absolute atomic E-state index is 0.0438. The number of nitrogens with zero attached hydrogens (tertiary/aromatic N) is 2. The molecule has 0 radical (unpaired) electrons. The van der Waals surface area contributed by atoms with Gasteiger partial charge in [-0.05, 0) is 46.8 Å². The molecule has 10 nitrogen and oxygen atoms in total. The van der Waals surface area contributed by atoms with E-state index >= 15 is 0 Å². The molecule has 3 aliphatic carbocycles. The fraction of sp³-hybridized carbons (Fsp3) is 0.241. The highest BCUT2D eigenvalue weighted by atomic mass is 79.9. The molecule has 40 heavy (non-hydrogen) atoms. The first-order valence-corrected chi connectivity index (χ1v) is 13.3. The molecule has 11 heteroatoms. The van der Waals surface area contributed by atoms with E-state index in [1.54, 1.807) is 6.07 Å². The molecule has 0 bridgehead atoms. The first-order chi connectivity index (χ1) is 19.1. The van der Waals surface area contributed by atoms with Crippen LogP contribution in [-0.2, 0) is 19.2 Å². The van der Waals surface area contributed by atoms with Gasteiger partial charge in [0, 0.05) is 46.9 Å². The Hall–Kier alpha value is -4.38. The number of rotatable bonds is 4. The molecule has 1 heterocycles. The molecule has 2 amide bonds. The lowest BCUT2D eigenvalue weighted by atomic mass is 9.59. The van der Waals surface area contributed by atoms with Crippen LogP contribution in [0.15, 0.2) is 75.8 Å². The number of halogens is 1. The number of ether oxygens (including phenoxy) is 1. The summed E-state index contributed by atoms with van der Waals surface area (Å²) in [5, 5.41) is 21.4. The normalized spacial score (nSPS) is 25.7. The predicted molar refractivity (Wildman–Crippen MR) is 145 cm³/mol. The molecule has 1 aliphatic heterocycles. The number of methoxy groups -OCH3 is 1. The molecule has 1 N–H and O–H groups in total. The van der Waals surface area contributed by atoms with Crippen LogP contribution in [-0.4, -0.2) is 40.5 Å². The van der Waals surface area contributed by atoms with Crippen molar-refractivity contribution in [2.24, 2.45) is 17.8 Å². The molecule has 4 atom stereocenters. The molecular formula is C29H21BrN2O8. The summed E-state index contributed by atoms with van der Waals surface area (Å²) >= 11 is 3.19. The molecule has 6 rings (SSSR count). The predicted octanol–water partition coefficient (Wildman–Crippen LogP) is 4.28. The zero-order valence-corrected chi connectivity index (χ0v) is 22.6. The van der Waals surface area contributed by atoms with Crippen LogP contribution in [0.5, 0.6) is 11.5 Å². The molecule has 2 aromatic rings. The number of hydrogen-bond acceptors (Lipinski definition) is 8. The van der Waals surface area contributed by atoms with Crippen molar-refractivity contribution in [1.29, 1.82) is 0 Å². The Labute approximate surface area is 235 Å². The molecule has 0 saturated carbocycles. The summed E-state index contributed by atoms with van der Waals surface area (Å²) in [4.78, 5) is 65.9. The number of nitro groups is 1. The minimum atomic E-state index is -0.834. The molecule has 0 aromatic heterocycles. The Morgan fingerprint density at radius 1 is 1.07 bits per heavy atom. The maximum atomic E-state index is 13.9. The van der Waals surface area contributed by atoms with Gasteiger partial charge >= 0.3 is 0 Å². The number of fused-ring (bicyclic) bond motifs is 3. The van der Waals surface area contributed by atoms with Crippen LogP contribution < -0.4 is 9.64 Å². The minimum Gasteiger partial charge on any atom is -0.508 e. The van der Waals surface area contributed by atoms with Crippen LogP contribution in [0.4, 0.5) is 11.4 Å². The molecule has 4 unspecified atom stereocenters. The summed E-state index contributed by atoms with van der Waals surface area (Å²) in [5.41, 5.74) is 1.67. The maximum absolute atomic E-state index is 13.9. The van der Waals surface area contributed by atoms with Gasteiger partial charge < -0.3 is 9.84 Å². The number of non-ortho nitro benzene ring substituents is 1. The SMILES string of the molecule is COc1cc(O)ccc1C1C2=CCC3C(=O)N(c4cccc([N+](=O)[O-])c4)C(=O)C3C2CC2=C1C(=O)C=C(Br)C2=O. The van der Waals surface area contributed by atoms with Gasteiger partial charge in [-0.25, -0.2) is 4.90 Å². The van der Waals surface area contributed by atoms with Crippen molar-refractivity contribution in [3.05, 3.63) is 91.5 Å². The molecule has 202 valence electrons. The number of carbonyl (C=O) groups excluding carboxylic acids is 4. The Balaban J connectivity index is 1.49. The molecule has 1 fully saturated rings. The number of phenolic OH excluding ortho intramolecular Hbond substituents is 1. The van der Waals surface area contributed by atoms with Gasteiger partial charge in [0.15, 0.2) is 11.6 Å². The van der Waals surface area contributed by atoms with Crippen LogP contribution in [0.2, 0.25) is 0 Å². The zero-order chi connectivity index (χ0) is 28.5. The second-order valence-electron chi connectivity index (χ2n) is 10.1. The van der Waals surface area contributed by atoms with Crippen LogP contribution in [0.25, 0.3) is 0 Å². The number of hydrogen-bond donors (Lipinski definition) is 1. The fourth-order valence-corrected chi connectivity index (χ4v) is 6.95. The average molecular weight is 605 g/mol. The van der Waals surface area contributed by atoms with E-state index in [1.165, 1.54) is 49.6 Å². The van der Waals surface area contributed by atoms with Gasteiger partial charge in [0.2, 0.25) is 11.8 Å². The highest BCUT2D eigenvalue weighted by molar-refractivity contribution is 9.12. The van der Waals surface area contributed by atoms with Crippen molar-refractivity contribution in [3.63, 3.8) is 0 Å².